The van der Waals surface area contributed by atoms with Gasteiger partial charge in [-0.05, 0) is 55.2 Å². The zero-order valence-electron chi connectivity index (χ0n) is 19.7. The highest BCUT2D eigenvalue weighted by molar-refractivity contribution is 6.74. The van der Waals surface area contributed by atoms with Crippen LogP contribution in [0.1, 0.15) is 54.4 Å². The van der Waals surface area contributed by atoms with Gasteiger partial charge in [-0.25, -0.2) is 0 Å². The van der Waals surface area contributed by atoms with Crippen LogP contribution in [0.25, 0.3) is 0 Å². The molecule has 2 rings (SSSR count). The Kier molecular flexibility index (Phi) is 6.38. The summed E-state index contributed by atoms with van der Waals surface area (Å²) < 4.78 is 13.2. The van der Waals surface area contributed by atoms with Crippen molar-refractivity contribution in [2.24, 2.45) is 11.3 Å². The van der Waals surface area contributed by atoms with E-state index in [1.807, 2.05) is 0 Å². The molecule has 0 aliphatic heterocycles. The number of rotatable bonds is 5. The van der Waals surface area contributed by atoms with Gasteiger partial charge in [0.1, 0.15) is 0 Å². The fourth-order valence-corrected chi connectivity index (χ4v) is 6.26. The van der Waals surface area contributed by atoms with Gasteiger partial charge in [0.05, 0.1) is 6.10 Å². The minimum atomic E-state index is -1.98. The van der Waals surface area contributed by atoms with Gasteiger partial charge in [-0.3, -0.25) is 4.79 Å². The molecule has 0 radical (unpaired) electrons. The lowest BCUT2D eigenvalue weighted by Crippen LogP contribution is -2.51. The number of hydrogen-bond donors (Lipinski definition) is 1. The highest BCUT2D eigenvalue weighted by Crippen LogP contribution is 2.53. The van der Waals surface area contributed by atoms with Crippen molar-refractivity contribution in [2.45, 2.75) is 103 Å². The summed E-state index contributed by atoms with van der Waals surface area (Å²) in [4.78, 5) is 12.8. The average molecular weight is 427 g/mol. The molecule has 4 nitrogen and oxygen atoms in total. The summed E-state index contributed by atoms with van der Waals surface area (Å²) in [6.45, 7) is 22.8. The molecule has 0 aromatic rings. The molecule has 0 spiro atoms. The van der Waals surface area contributed by atoms with Crippen molar-refractivity contribution >= 4 is 22.4 Å². The second kappa shape index (κ2) is 7.45. The van der Waals surface area contributed by atoms with Gasteiger partial charge in [-0.15, -0.1) is 0 Å². The van der Waals surface area contributed by atoms with E-state index in [0.29, 0.717) is 19.4 Å². The van der Waals surface area contributed by atoms with Gasteiger partial charge in [0.25, 0.3) is 0 Å². The zero-order chi connectivity index (χ0) is 21.8. The number of carbonyl (C=O) groups is 1. The SMILES string of the molecule is CC(C)(C)[Si](C)(C)OC[C@@]12C[C@@H](O[Si](C)(C)C(C)(C)C)C[C@@H]1C(=O)C=C[C@@H]2O. The number of ketones is 1. The molecule has 162 valence electrons. The van der Waals surface area contributed by atoms with E-state index in [9.17, 15) is 9.90 Å². The maximum absolute atomic E-state index is 12.8. The maximum atomic E-state index is 12.8. The lowest BCUT2D eigenvalue weighted by atomic mass is 9.69. The summed E-state index contributed by atoms with van der Waals surface area (Å²) in [5.41, 5.74) is -0.561. The van der Waals surface area contributed by atoms with E-state index in [4.69, 9.17) is 8.85 Å². The Morgan fingerprint density at radius 2 is 1.61 bits per heavy atom. The van der Waals surface area contributed by atoms with Gasteiger partial charge in [-0.1, -0.05) is 47.6 Å². The van der Waals surface area contributed by atoms with Crippen LogP contribution in [0.2, 0.25) is 36.3 Å². The molecule has 1 saturated carbocycles. The quantitative estimate of drug-likeness (QED) is 0.606. The Morgan fingerprint density at radius 3 is 2.11 bits per heavy atom. The van der Waals surface area contributed by atoms with Crippen molar-refractivity contribution in [3.05, 3.63) is 12.2 Å². The van der Waals surface area contributed by atoms with E-state index >= 15 is 0 Å². The second-order valence-corrected chi connectivity index (χ2v) is 21.5. The molecule has 0 amide bonds. The molecule has 6 heteroatoms. The summed E-state index contributed by atoms with van der Waals surface area (Å²) in [5, 5.41) is 11.2. The first-order valence-corrected chi connectivity index (χ1v) is 16.5. The van der Waals surface area contributed by atoms with E-state index in [0.717, 1.165) is 0 Å². The molecule has 0 heterocycles. The average Bonchev–Trinajstić information content (AvgIpc) is 2.87. The summed E-state index contributed by atoms with van der Waals surface area (Å²) in [7, 11) is -3.93. The number of hydrogen-bond acceptors (Lipinski definition) is 4. The molecule has 28 heavy (non-hydrogen) atoms. The predicted molar refractivity (Wildman–Crippen MR) is 121 cm³/mol. The van der Waals surface area contributed by atoms with E-state index in [1.54, 1.807) is 12.2 Å². The molecule has 0 bridgehead atoms. The monoisotopic (exact) mass is 426 g/mol. The highest BCUT2D eigenvalue weighted by Gasteiger charge is 2.57. The van der Waals surface area contributed by atoms with Crippen molar-refractivity contribution < 1.29 is 18.8 Å². The molecule has 2 aliphatic rings. The normalized spacial score (nSPS) is 32.0. The lowest BCUT2D eigenvalue weighted by molar-refractivity contribution is -0.127. The van der Waals surface area contributed by atoms with Crippen molar-refractivity contribution in [3.8, 4) is 0 Å². The van der Waals surface area contributed by atoms with E-state index in [2.05, 4.69) is 67.7 Å². The van der Waals surface area contributed by atoms with Gasteiger partial charge in [-0.2, -0.15) is 0 Å². The third-order valence-electron chi connectivity index (χ3n) is 7.95. The number of carbonyl (C=O) groups excluding carboxylic acids is 1. The third-order valence-corrected chi connectivity index (χ3v) is 17.0. The topological polar surface area (TPSA) is 55.8 Å². The molecule has 4 atom stereocenters. The second-order valence-electron chi connectivity index (χ2n) is 12.0. The van der Waals surface area contributed by atoms with Crippen LogP contribution in [0.15, 0.2) is 12.2 Å². The molecule has 1 fully saturated rings. The number of aliphatic hydroxyl groups is 1. The smallest absolute Gasteiger partial charge is 0.192 e. The Labute approximate surface area is 174 Å². The molecule has 0 aromatic heterocycles. The van der Waals surface area contributed by atoms with Crippen molar-refractivity contribution in [1.29, 1.82) is 0 Å². The van der Waals surface area contributed by atoms with Crippen LogP contribution in [-0.4, -0.2) is 46.3 Å². The minimum absolute atomic E-state index is 0.00686. The van der Waals surface area contributed by atoms with Crippen LogP contribution >= 0.6 is 0 Å². The van der Waals surface area contributed by atoms with Crippen LogP contribution in [0.5, 0.6) is 0 Å². The van der Waals surface area contributed by atoms with Gasteiger partial charge in [0.2, 0.25) is 0 Å². The molecular formula is C22H42O4Si2. The number of fused-ring (bicyclic) bond motifs is 1. The highest BCUT2D eigenvalue weighted by atomic mass is 28.4. The summed E-state index contributed by atoms with van der Waals surface area (Å²) in [5.74, 6) is -0.0995. The largest absolute Gasteiger partial charge is 0.416 e. The fraction of sp³-hybridized carbons (Fsp3) is 0.864. The van der Waals surface area contributed by atoms with E-state index in [-0.39, 0.29) is 27.9 Å². The standard InChI is InChI=1S/C22H42O4Si2/c1-20(2,3)27(7,8)25-15-22-14-16(26-28(9,10)21(4,5)6)13-17(22)18(23)11-12-19(22)24/h11-12,16-17,19,24H,13-15H2,1-10H3/t16-,17+,19-,22-/m0/s1. The van der Waals surface area contributed by atoms with Crippen LogP contribution < -0.4 is 0 Å². The minimum Gasteiger partial charge on any atom is -0.416 e. The third kappa shape index (κ3) is 4.41. The van der Waals surface area contributed by atoms with E-state index < -0.39 is 28.2 Å². The Balaban J connectivity index is 2.28. The predicted octanol–water partition coefficient (Wildman–Crippen LogP) is 5.29. The van der Waals surface area contributed by atoms with Crippen LogP contribution in [0, 0.1) is 11.3 Å². The molecule has 0 saturated heterocycles. The maximum Gasteiger partial charge on any atom is 0.192 e. The molecule has 1 N–H and O–H groups in total. The van der Waals surface area contributed by atoms with Gasteiger partial charge < -0.3 is 14.0 Å². The van der Waals surface area contributed by atoms with Crippen LogP contribution in [0.4, 0.5) is 0 Å². The summed E-state index contributed by atoms with van der Waals surface area (Å²) >= 11 is 0. The van der Waals surface area contributed by atoms with Crippen molar-refractivity contribution in [3.63, 3.8) is 0 Å². The van der Waals surface area contributed by atoms with Gasteiger partial charge in [0, 0.05) is 24.0 Å². The molecule has 0 aromatic carbocycles. The molecule has 2 aliphatic carbocycles. The van der Waals surface area contributed by atoms with Crippen molar-refractivity contribution in [1.82, 2.24) is 0 Å². The Hall–Kier alpha value is -0.276. The number of aliphatic hydroxyl groups excluding tert-OH is 1. The van der Waals surface area contributed by atoms with E-state index in [1.165, 1.54) is 0 Å². The van der Waals surface area contributed by atoms with Crippen LogP contribution in [0.3, 0.4) is 0 Å². The number of allylic oxidation sites excluding steroid dienone is 1. The van der Waals surface area contributed by atoms with Gasteiger partial charge >= 0.3 is 0 Å². The zero-order valence-corrected chi connectivity index (χ0v) is 21.7. The molecular weight excluding hydrogens is 384 g/mol. The lowest BCUT2D eigenvalue weighted by Gasteiger charge is -2.44. The van der Waals surface area contributed by atoms with Crippen molar-refractivity contribution in [2.75, 3.05) is 6.61 Å². The Morgan fingerprint density at radius 1 is 1.07 bits per heavy atom. The first kappa shape index (κ1) is 24.0. The van der Waals surface area contributed by atoms with Crippen LogP contribution in [-0.2, 0) is 13.6 Å². The first-order valence-electron chi connectivity index (χ1n) is 10.6. The Bertz CT molecular complexity index is 627. The van der Waals surface area contributed by atoms with Gasteiger partial charge in [0.15, 0.2) is 22.4 Å². The summed E-state index contributed by atoms with van der Waals surface area (Å²) in [6.07, 6.45) is 3.96. The first-order chi connectivity index (χ1) is 12.4. The molecule has 0 unspecified atom stereocenters. The fourth-order valence-electron chi connectivity index (χ4n) is 3.83. The summed E-state index contributed by atoms with van der Waals surface area (Å²) in [6, 6.07) is 0.